The Labute approximate surface area is 60.0 Å². The Morgan fingerprint density at radius 1 is 1.70 bits per heavy atom. The molecule has 1 atom stereocenters. The van der Waals surface area contributed by atoms with E-state index in [-0.39, 0.29) is 0 Å². The number of allylic oxidation sites excluding steroid dienone is 1. The smallest absolute Gasteiger partial charge is 0.336 e. The minimum Gasteiger partial charge on any atom is -0.479 e. The molecule has 0 aromatic carbocycles. The van der Waals surface area contributed by atoms with E-state index in [4.69, 9.17) is 10.2 Å². The lowest BCUT2D eigenvalue weighted by atomic mass is 10.1. The van der Waals surface area contributed by atoms with Crippen LogP contribution >= 0.6 is 0 Å². The Bertz CT molecular complexity index is 149. The van der Waals surface area contributed by atoms with Crippen molar-refractivity contribution in [3.8, 4) is 0 Å². The molecule has 3 nitrogen and oxygen atoms in total. The first kappa shape index (κ1) is 9.17. The number of carbonyl (C=O) groups is 1. The van der Waals surface area contributed by atoms with Crippen LogP contribution in [0.5, 0.6) is 0 Å². The topological polar surface area (TPSA) is 57.5 Å². The van der Waals surface area contributed by atoms with Crippen LogP contribution < -0.4 is 0 Å². The molecule has 0 fully saturated rings. The number of carboxylic acids is 1. The molecule has 0 amide bonds. The van der Waals surface area contributed by atoms with E-state index in [0.717, 1.165) is 6.42 Å². The average molecular weight is 144 g/mol. The zero-order chi connectivity index (χ0) is 8.15. The lowest BCUT2D eigenvalue weighted by Gasteiger charge is -2.03. The van der Waals surface area contributed by atoms with Gasteiger partial charge in [-0.25, -0.2) is 4.79 Å². The van der Waals surface area contributed by atoms with Crippen molar-refractivity contribution in [3.63, 3.8) is 0 Å². The van der Waals surface area contributed by atoms with Crippen LogP contribution in [0.4, 0.5) is 0 Å². The Morgan fingerprint density at radius 2 is 2.20 bits per heavy atom. The number of aliphatic carboxylic acids is 1. The summed E-state index contributed by atoms with van der Waals surface area (Å²) in [5.41, 5.74) is 0.495. The molecule has 0 bridgehead atoms. The minimum atomic E-state index is -1.33. The summed E-state index contributed by atoms with van der Waals surface area (Å²) in [5, 5.41) is 17.1. The molecule has 10 heavy (non-hydrogen) atoms. The quantitative estimate of drug-likeness (QED) is 0.576. The molecule has 1 unspecified atom stereocenters. The van der Waals surface area contributed by atoms with Gasteiger partial charge in [-0.2, -0.15) is 0 Å². The predicted octanol–water partition coefficient (Wildman–Crippen LogP) is 0.788. The maximum absolute atomic E-state index is 10.1. The van der Waals surface area contributed by atoms with Gasteiger partial charge in [-0.05, 0) is 18.9 Å². The summed E-state index contributed by atoms with van der Waals surface area (Å²) >= 11 is 0. The van der Waals surface area contributed by atoms with Crippen molar-refractivity contribution in [2.24, 2.45) is 0 Å². The zero-order valence-electron chi connectivity index (χ0n) is 6.16. The van der Waals surface area contributed by atoms with Gasteiger partial charge in [0.05, 0.1) is 0 Å². The first-order valence-corrected chi connectivity index (χ1v) is 3.17. The van der Waals surface area contributed by atoms with Crippen molar-refractivity contribution in [1.29, 1.82) is 0 Å². The lowest BCUT2D eigenvalue weighted by molar-refractivity contribution is -0.144. The highest BCUT2D eigenvalue weighted by Gasteiger charge is 2.13. The van der Waals surface area contributed by atoms with Crippen molar-refractivity contribution in [3.05, 3.63) is 11.6 Å². The van der Waals surface area contributed by atoms with E-state index in [9.17, 15) is 4.79 Å². The van der Waals surface area contributed by atoms with Gasteiger partial charge in [0.15, 0.2) is 6.10 Å². The van der Waals surface area contributed by atoms with Crippen molar-refractivity contribution >= 4 is 5.97 Å². The molecule has 2 N–H and O–H groups in total. The molecule has 0 rings (SSSR count). The maximum Gasteiger partial charge on any atom is 0.336 e. The van der Waals surface area contributed by atoms with E-state index in [1.807, 2.05) is 6.92 Å². The summed E-state index contributed by atoms with van der Waals surface area (Å²) in [5.74, 6) is -1.19. The highest BCUT2D eigenvalue weighted by Crippen LogP contribution is 2.01. The highest BCUT2D eigenvalue weighted by atomic mass is 16.4. The predicted molar refractivity (Wildman–Crippen MR) is 37.7 cm³/mol. The monoisotopic (exact) mass is 144 g/mol. The van der Waals surface area contributed by atoms with Gasteiger partial charge in [0, 0.05) is 0 Å². The summed E-state index contributed by atoms with van der Waals surface area (Å²) in [6.07, 6.45) is 1.11. The van der Waals surface area contributed by atoms with Crippen LogP contribution in [0.15, 0.2) is 11.6 Å². The molecule has 0 saturated carbocycles. The fourth-order valence-electron chi connectivity index (χ4n) is 0.628. The van der Waals surface area contributed by atoms with Crippen LogP contribution in [0.1, 0.15) is 20.3 Å². The van der Waals surface area contributed by atoms with Gasteiger partial charge < -0.3 is 10.2 Å². The molecule has 0 spiro atoms. The number of rotatable bonds is 3. The van der Waals surface area contributed by atoms with Crippen LogP contribution in [-0.2, 0) is 4.79 Å². The summed E-state index contributed by atoms with van der Waals surface area (Å²) in [7, 11) is 0. The molecule has 0 aliphatic rings. The van der Waals surface area contributed by atoms with Crippen LogP contribution in [-0.4, -0.2) is 22.3 Å². The van der Waals surface area contributed by atoms with Crippen molar-refractivity contribution in [2.75, 3.05) is 0 Å². The second-order valence-electron chi connectivity index (χ2n) is 2.10. The van der Waals surface area contributed by atoms with Gasteiger partial charge in [0.25, 0.3) is 0 Å². The Balaban J connectivity index is 4.06. The Morgan fingerprint density at radius 3 is 2.50 bits per heavy atom. The second-order valence-corrected chi connectivity index (χ2v) is 2.10. The standard InChI is InChI=1S/C7H12O3/c1-3-4-5(2)6(8)7(9)10/h4,6,8H,3H2,1-2H3,(H,9,10)/b5-4-. The van der Waals surface area contributed by atoms with Gasteiger partial charge >= 0.3 is 5.97 Å². The first-order chi connectivity index (χ1) is 4.59. The second kappa shape index (κ2) is 4.06. The number of carboxylic acid groups (broad SMARTS) is 1. The SMILES string of the molecule is CC/C=C(/C)C(O)C(=O)O. The molecular weight excluding hydrogens is 132 g/mol. The molecule has 0 aliphatic heterocycles. The summed E-state index contributed by atoms with van der Waals surface area (Å²) < 4.78 is 0. The number of aliphatic hydroxyl groups is 1. The van der Waals surface area contributed by atoms with E-state index in [0.29, 0.717) is 5.57 Å². The van der Waals surface area contributed by atoms with E-state index in [1.165, 1.54) is 0 Å². The van der Waals surface area contributed by atoms with E-state index in [2.05, 4.69) is 0 Å². The first-order valence-electron chi connectivity index (χ1n) is 3.17. The van der Waals surface area contributed by atoms with E-state index in [1.54, 1.807) is 13.0 Å². The maximum atomic E-state index is 10.1. The molecule has 0 radical (unpaired) electrons. The van der Waals surface area contributed by atoms with Crippen LogP contribution in [0.25, 0.3) is 0 Å². The molecule has 3 heteroatoms. The average Bonchev–Trinajstić information content (AvgIpc) is 1.87. The van der Waals surface area contributed by atoms with Crippen LogP contribution in [0.3, 0.4) is 0 Å². The molecule has 0 aromatic heterocycles. The van der Waals surface area contributed by atoms with Gasteiger partial charge in [-0.1, -0.05) is 13.0 Å². The Hall–Kier alpha value is -0.830. The molecular formula is C7H12O3. The highest BCUT2D eigenvalue weighted by molar-refractivity contribution is 5.75. The third-order valence-corrected chi connectivity index (χ3v) is 1.19. The van der Waals surface area contributed by atoms with Crippen molar-refractivity contribution < 1.29 is 15.0 Å². The fourth-order valence-corrected chi connectivity index (χ4v) is 0.628. The Kier molecular flexibility index (Phi) is 3.72. The molecule has 0 saturated heterocycles. The molecule has 58 valence electrons. The summed E-state index contributed by atoms with van der Waals surface area (Å²) in [6.45, 7) is 3.49. The van der Waals surface area contributed by atoms with Crippen LogP contribution in [0, 0.1) is 0 Å². The molecule has 0 aromatic rings. The fraction of sp³-hybridized carbons (Fsp3) is 0.571. The third kappa shape index (κ3) is 2.64. The van der Waals surface area contributed by atoms with Crippen molar-refractivity contribution in [1.82, 2.24) is 0 Å². The van der Waals surface area contributed by atoms with Gasteiger partial charge in [-0.15, -0.1) is 0 Å². The lowest BCUT2D eigenvalue weighted by Crippen LogP contribution is -2.20. The van der Waals surface area contributed by atoms with Gasteiger partial charge in [-0.3, -0.25) is 0 Å². The third-order valence-electron chi connectivity index (χ3n) is 1.19. The van der Waals surface area contributed by atoms with Crippen LogP contribution in [0.2, 0.25) is 0 Å². The number of hydrogen-bond acceptors (Lipinski definition) is 2. The van der Waals surface area contributed by atoms with E-state index < -0.39 is 12.1 Å². The summed E-state index contributed by atoms with van der Waals surface area (Å²) in [4.78, 5) is 10.1. The minimum absolute atomic E-state index is 0.495. The van der Waals surface area contributed by atoms with E-state index >= 15 is 0 Å². The zero-order valence-corrected chi connectivity index (χ0v) is 6.16. The normalized spacial score (nSPS) is 14.9. The van der Waals surface area contributed by atoms with Gasteiger partial charge in [0.2, 0.25) is 0 Å². The molecule has 0 aliphatic carbocycles. The number of hydrogen-bond donors (Lipinski definition) is 2. The largest absolute Gasteiger partial charge is 0.479 e. The summed E-state index contributed by atoms with van der Waals surface area (Å²) in [6, 6.07) is 0. The van der Waals surface area contributed by atoms with Gasteiger partial charge in [0.1, 0.15) is 0 Å². The molecule has 0 heterocycles. The number of aliphatic hydroxyl groups excluding tert-OH is 1. The van der Waals surface area contributed by atoms with Crippen molar-refractivity contribution in [2.45, 2.75) is 26.4 Å².